The van der Waals surface area contributed by atoms with E-state index in [4.69, 9.17) is 37.8 Å². The molecule has 2 aliphatic rings. The second-order valence-corrected chi connectivity index (χ2v) is 16.4. The van der Waals surface area contributed by atoms with E-state index < -0.39 is 5.97 Å². The molecule has 0 saturated carbocycles. The zero-order valence-electron chi connectivity index (χ0n) is 33.5. The molecule has 57 heavy (non-hydrogen) atoms. The fourth-order valence-electron chi connectivity index (χ4n) is 9.00. The molecule has 298 valence electrons. The average molecular weight is 812 g/mol. The monoisotopic (exact) mass is 810 g/mol. The number of aryl methyl sites for hydroxylation is 6. The van der Waals surface area contributed by atoms with Crippen molar-refractivity contribution >= 4 is 62.6 Å². The SMILES string of the molecule is Cc1cc(OCCCc2c3n(c4c(-c5c(C)nn(C)c5C)c(Cl)ccc24)[C@H](C)CN(c2cc(CN4CCOCC4)cc4c(C(=O)O)cn(C)c24)C3=O)cc(C)c1Cl. The predicted molar refractivity (Wildman–Crippen MR) is 226 cm³/mol. The number of aromatic carboxylic acids is 1. The summed E-state index contributed by atoms with van der Waals surface area (Å²) < 4.78 is 17.8. The van der Waals surface area contributed by atoms with Gasteiger partial charge in [-0.05, 0) is 100 Å². The Morgan fingerprint density at radius 3 is 2.37 bits per heavy atom. The Labute approximate surface area is 342 Å². The fraction of sp³-hybridized carbons (Fsp3) is 0.386. The summed E-state index contributed by atoms with van der Waals surface area (Å²) in [6.07, 6.45) is 2.87. The molecule has 0 radical (unpaired) electrons. The lowest BCUT2D eigenvalue weighted by Gasteiger charge is -2.35. The van der Waals surface area contributed by atoms with Gasteiger partial charge < -0.3 is 28.6 Å². The first-order chi connectivity index (χ1) is 27.2. The standard InChI is InChI=1S/C44H48Cl2N6O5/c1-24-17-30(18-25(2)39(24)46)57-14-8-9-31-32-10-11-35(45)38(37-27(4)47-49(7)28(37)5)41(32)52-26(3)21-51(43(53)42(31)52)36-20-29(22-50-12-15-56-16-13-50)19-33-34(44(54)55)23-48(6)40(33)36/h10-11,17-20,23,26H,8-9,12-16,21-22H2,1-7H3,(H,54,55)/t26-/m1/s1. The van der Waals surface area contributed by atoms with E-state index in [1.165, 1.54) is 0 Å². The summed E-state index contributed by atoms with van der Waals surface area (Å²) in [5.74, 6) is -0.393. The Morgan fingerprint density at radius 2 is 1.70 bits per heavy atom. The highest BCUT2D eigenvalue weighted by molar-refractivity contribution is 6.35. The molecule has 3 aromatic heterocycles. The summed E-state index contributed by atoms with van der Waals surface area (Å²) in [6, 6.07) is 11.7. The van der Waals surface area contributed by atoms with Crippen LogP contribution in [0.15, 0.2) is 42.6 Å². The summed E-state index contributed by atoms with van der Waals surface area (Å²) in [5.41, 5.74) is 10.6. The fourth-order valence-corrected chi connectivity index (χ4v) is 9.36. The maximum absolute atomic E-state index is 15.4. The van der Waals surface area contributed by atoms with E-state index >= 15 is 4.79 Å². The number of hydrogen-bond donors (Lipinski definition) is 1. The highest BCUT2D eigenvalue weighted by Crippen LogP contribution is 2.46. The smallest absolute Gasteiger partial charge is 0.337 e. The van der Waals surface area contributed by atoms with Crippen molar-refractivity contribution in [2.45, 2.75) is 60.0 Å². The number of fused-ring (bicyclic) bond motifs is 4. The van der Waals surface area contributed by atoms with Crippen LogP contribution in [0.4, 0.5) is 5.69 Å². The zero-order chi connectivity index (χ0) is 40.4. The Kier molecular flexibility index (Phi) is 10.4. The normalized spacial score (nSPS) is 16.3. The van der Waals surface area contributed by atoms with Gasteiger partial charge in [-0.25, -0.2) is 4.79 Å². The van der Waals surface area contributed by atoms with E-state index in [-0.39, 0.29) is 17.5 Å². The number of rotatable bonds is 10. The molecular weight excluding hydrogens is 763 g/mol. The summed E-state index contributed by atoms with van der Waals surface area (Å²) in [6.45, 7) is 14.4. The average Bonchev–Trinajstić information content (AvgIpc) is 3.78. The van der Waals surface area contributed by atoms with Crippen LogP contribution in [0.25, 0.3) is 32.9 Å². The summed E-state index contributed by atoms with van der Waals surface area (Å²) in [4.78, 5) is 32.2. The maximum Gasteiger partial charge on any atom is 0.337 e. The van der Waals surface area contributed by atoms with Crippen LogP contribution in [0.3, 0.4) is 0 Å². The van der Waals surface area contributed by atoms with E-state index in [9.17, 15) is 9.90 Å². The van der Waals surface area contributed by atoms with Crippen LogP contribution >= 0.6 is 23.2 Å². The minimum atomic E-state index is -1.01. The number of amides is 1. The molecule has 6 aromatic rings. The molecule has 0 aliphatic carbocycles. The number of carbonyl (C=O) groups is 2. The van der Waals surface area contributed by atoms with E-state index in [1.807, 2.05) is 86.3 Å². The van der Waals surface area contributed by atoms with Gasteiger partial charge in [0.2, 0.25) is 0 Å². The molecule has 1 amide bonds. The molecule has 0 spiro atoms. The quantitative estimate of drug-likeness (QED) is 0.138. The maximum atomic E-state index is 15.4. The molecule has 3 aromatic carbocycles. The number of carboxylic acids is 1. The molecular formula is C44H48Cl2N6O5. The highest BCUT2D eigenvalue weighted by atomic mass is 35.5. The van der Waals surface area contributed by atoms with Crippen LogP contribution in [0.5, 0.6) is 5.75 Å². The number of hydrogen-bond acceptors (Lipinski definition) is 6. The number of halogens is 2. The van der Waals surface area contributed by atoms with Crippen LogP contribution in [-0.4, -0.2) is 80.3 Å². The summed E-state index contributed by atoms with van der Waals surface area (Å²) in [7, 11) is 3.77. The summed E-state index contributed by atoms with van der Waals surface area (Å²) in [5, 5.41) is 17.9. The van der Waals surface area contributed by atoms with Crippen LogP contribution in [-0.2, 0) is 31.8 Å². The van der Waals surface area contributed by atoms with E-state index in [0.29, 0.717) is 73.1 Å². The van der Waals surface area contributed by atoms with Crippen molar-refractivity contribution in [1.82, 2.24) is 23.8 Å². The minimum Gasteiger partial charge on any atom is -0.494 e. The molecule has 0 bridgehead atoms. The van der Waals surface area contributed by atoms with Gasteiger partial charge >= 0.3 is 5.97 Å². The first-order valence-corrected chi connectivity index (χ1v) is 20.2. The number of anilines is 1. The molecule has 1 fully saturated rings. The lowest BCUT2D eigenvalue weighted by Crippen LogP contribution is -2.43. The van der Waals surface area contributed by atoms with E-state index in [2.05, 4.69) is 22.5 Å². The molecule has 11 nitrogen and oxygen atoms in total. The zero-order valence-corrected chi connectivity index (χ0v) is 35.0. The first kappa shape index (κ1) is 39.0. The van der Waals surface area contributed by atoms with Crippen molar-refractivity contribution in [1.29, 1.82) is 0 Å². The van der Waals surface area contributed by atoms with Gasteiger partial charge in [-0.1, -0.05) is 29.3 Å². The molecule has 2 aliphatic heterocycles. The van der Waals surface area contributed by atoms with Gasteiger partial charge in [0.25, 0.3) is 5.91 Å². The van der Waals surface area contributed by atoms with Crippen LogP contribution in [0.2, 0.25) is 10.0 Å². The third-order valence-electron chi connectivity index (χ3n) is 11.7. The Morgan fingerprint density at radius 1 is 0.982 bits per heavy atom. The third-order valence-corrected chi connectivity index (χ3v) is 12.6. The second-order valence-electron chi connectivity index (χ2n) is 15.6. The first-order valence-electron chi connectivity index (χ1n) is 19.5. The number of nitrogens with zero attached hydrogens (tertiary/aromatic N) is 6. The molecule has 1 atom stereocenters. The molecule has 5 heterocycles. The van der Waals surface area contributed by atoms with E-state index in [0.717, 1.165) is 79.5 Å². The Bertz CT molecular complexity index is 2570. The van der Waals surface area contributed by atoms with Crippen molar-refractivity contribution in [3.63, 3.8) is 0 Å². The largest absolute Gasteiger partial charge is 0.494 e. The van der Waals surface area contributed by atoms with Crippen LogP contribution in [0.1, 0.15) is 73.9 Å². The van der Waals surface area contributed by atoms with Gasteiger partial charge in [0.05, 0.1) is 52.8 Å². The minimum absolute atomic E-state index is 0.145. The molecule has 1 saturated heterocycles. The van der Waals surface area contributed by atoms with Gasteiger partial charge in [-0.15, -0.1) is 0 Å². The van der Waals surface area contributed by atoms with Gasteiger partial charge in [0.15, 0.2) is 0 Å². The van der Waals surface area contributed by atoms with Crippen molar-refractivity contribution in [2.24, 2.45) is 14.1 Å². The molecule has 0 unspecified atom stereocenters. The van der Waals surface area contributed by atoms with Crippen molar-refractivity contribution in [3.8, 4) is 16.9 Å². The number of benzene rings is 3. The summed E-state index contributed by atoms with van der Waals surface area (Å²) >= 11 is 13.6. The number of carbonyl (C=O) groups excluding carboxylic acids is 1. The molecule has 1 N–H and O–H groups in total. The van der Waals surface area contributed by atoms with Gasteiger partial charge in [-0.2, -0.15) is 5.10 Å². The van der Waals surface area contributed by atoms with E-state index in [1.54, 1.807) is 6.20 Å². The lowest BCUT2D eigenvalue weighted by atomic mass is 9.98. The van der Waals surface area contributed by atoms with Gasteiger partial charge in [0, 0.05) is 85.1 Å². The third kappa shape index (κ3) is 6.78. The molecule has 13 heteroatoms. The predicted octanol–water partition coefficient (Wildman–Crippen LogP) is 8.84. The van der Waals surface area contributed by atoms with Crippen LogP contribution in [0, 0.1) is 27.7 Å². The van der Waals surface area contributed by atoms with Crippen LogP contribution < -0.4 is 9.64 Å². The number of morpholine rings is 1. The lowest BCUT2D eigenvalue weighted by molar-refractivity contribution is 0.0342. The number of ether oxygens (including phenoxy) is 2. The van der Waals surface area contributed by atoms with Crippen molar-refractivity contribution < 1.29 is 24.2 Å². The molecule has 8 rings (SSSR count). The Balaban J connectivity index is 1.28. The second kappa shape index (κ2) is 15.2. The topological polar surface area (TPSA) is 107 Å². The highest BCUT2D eigenvalue weighted by Gasteiger charge is 2.38. The Hall–Kier alpha value is -4.81. The van der Waals surface area contributed by atoms with Gasteiger partial charge in [0.1, 0.15) is 11.4 Å². The van der Waals surface area contributed by atoms with Gasteiger partial charge in [-0.3, -0.25) is 14.4 Å². The van der Waals surface area contributed by atoms with Crippen molar-refractivity contribution in [3.05, 3.63) is 97.5 Å². The number of carboxylic acid groups (broad SMARTS) is 1. The number of aromatic nitrogens is 4. The van der Waals surface area contributed by atoms with Crippen molar-refractivity contribution in [2.75, 3.05) is 44.4 Å².